The minimum atomic E-state index is -3.49. The standard InChI is InChI=1S/C14H25N3O3S2/c1-11(18)16-8-7-12-5-6-13(21-12)22(19,20)17(4)10-14(2,3)9-15/h5-6H,7-10,15H2,1-4H3,(H,16,18). The van der Waals surface area contributed by atoms with Gasteiger partial charge in [0.1, 0.15) is 4.21 Å². The number of thiophene rings is 1. The third-order valence-corrected chi connectivity index (χ3v) is 6.67. The van der Waals surface area contributed by atoms with Crippen LogP contribution >= 0.6 is 11.3 Å². The van der Waals surface area contributed by atoms with Gasteiger partial charge in [0.15, 0.2) is 0 Å². The molecule has 1 heterocycles. The van der Waals surface area contributed by atoms with Gasteiger partial charge in [-0.05, 0) is 30.5 Å². The lowest BCUT2D eigenvalue weighted by Crippen LogP contribution is -2.39. The summed E-state index contributed by atoms with van der Waals surface area (Å²) in [6, 6.07) is 3.41. The second-order valence-corrected chi connectivity index (χ2v) is 9.52. The first kappa shape index (κ1) is 19.1. The second-order valence-electron chi connectivity index (χ2n) is 6.08. The Labute approximate surface area is 136 Å². The molecule has 0 aliphatic carbocycles. The van der Waals surface area contributed by atoms with Crippen LogP contribution in [0.2, 0.25) is 0 Å². The molecule has 0 bridgehead atoms. The maximum Gasteiger partial charge on any atom is 0.252 e. The Kier molecular flexibility index (Phi) is 6.54. The topological polar surface area (TPSA) is 92.5 Å². The SMILES string of the molecule is CC(=O)NCCc1ccc(S(=O)(=O)N(C)CC(C)(C)CN)s1. The van der Waals surface area contributed by atoms with Crippen molar-refractivity contribution in [3.05, 3.63) is 17.0 Å². The molecule has 126 valence electrons. The first-order valence-corrected chi connectivity index (χ1v) is 9.34. The summed E-state index contributed by atoms with van der Waals surface area (Å²) >= 11 is 1.24. The Morgan fingerprint density at radius 3 is 2.59 bits per heavy atom. The van der Waals surface area contributed by atoms with E-state index in [9.17, 15) is 13.2 Å². The van der Waals surface area contributed by atoms with Crippen molar-refractivity contribution in [3.8, 4) is 0 Å². The normalized spacial score (nSPS) is 12.6. The first-order valence-electron chi connectivity index (χ1n) is 7.08. The Hall–Kier alpha value is -0.960. The van der Waals surface area contributed by atoms with Crippen LogP contribution in [-0.4, -0.2) is 45.3 Å². The number of nitrogens with one attached hydrogen (secondary N) is 1. The third kappa shape index (κ3) is 5.35. The number of carbonyl (C=O) groups is 1. The highest BCUT2D eigenvalue weighted by Gasteiger charge is 2.28. The van der Waals surface area contributed by atoms with E-state index in [1.807, 2.05) is 13.8 Å². The van der Waals surface area contributed by atoms with E-state index in [-0.39, 0.29) is 11.3 Å². The van der Waals surface area contributed by atoms with Gasteiger partial charge in [0.25, 0.3) is 10.0 Å². The zero-order valence-corrected chi connectivity index (χ0v) is 15.2. The van der Waals surface area contributed by atoms with E-state index in [1.165, 1.54) is 22.6 Å². The van der Waals surface area contributed by atoms with Crippen LogP contribution in [0.5, 0.6) is 0 Å². The zero-order chi connectivity index (χ0) is 17.0. The molecule has 22 heavy (non-hydrogen) atoms. The molecule has 1 rings (SSSR count). The Balaban J connectivity index is 2.77. The molecule has 0 radical (unpaired) electrons. The lowest BCUT2D eigenvalue weighted by atomic mass is 9.94. The molecule has 0 atom stereocenters. The molecule has 0 aliphatic rings. The molecule has 1 aromatic rings. The minimum Gasteiger partial charge on any atom is -0.356 e. The van der Waals surface area contributed by atoms with Crippen LogP contribution in [0.15, 0.2) is 16.3 Å². The fourth-order valence-electron chi connectivity index (χ4n) is 1.90. The van der Waals surface area contributed by atoms with Crippen LogP contribution < -0.4 is 11.1 Å². The lowest BCUT2D eigenvalue weighted by Gasteiger charge is -2.28. The number of rotatable bonds is 8. The molecule has 1 amide bonds. The summed E-state index contributed by atoms with van der Waals surface area (Å²) in [5.74, 6) is -0.0897. The van der Waals surface area contributed by atoms with Gasteiger partial charge < -0.3 is 11.1 Å². The van der Waals surface area contributed by atoms with Crippen molar-refractivity contribution in [2.45, 2.75) is 31.4 Å². The zero-order valence-electron chi connectivity index (χ0n) is 13.5. The van der Waals surface area contributed by atoms with Crippen molar-refractivity contribution in [1.29, 1.82) is 0 Å². The summed E-state index contributed by atoms with van der Waals surface area (Å²) in [7, 11) is -1.92. The van der Waals surface area contributed by atoms with Crippen molar-refractivity contribution >= 4 is 27.3 Å². The van der Waals surface area contributed by atoms with Crippen molar-refractivity contribution in [3.63, 3.8) is 0 Å². The number of hydrogen-bond donors (Lipinski definition) is 2. The van der Waals surface area contributed by atoms with Crippen molar-refractivity contribution in [2.24, 2.45) is 11.1 Å². The monoisotopic (exact) mass is 347 g/mol. The quantitative estimate of drug-likeness (QED) is 0.735. The van der Waals surface area contributed by atoms with Crippen LogP contribution in [0.25, 0.3) is 0 Å². The van der Waals surface area contributed by atoms with E-state index in [1.54, 1.807) is 19.2 Å². The smallest absolute Gasteiger partial charge is 0.252 e. The number of amides is 1. The van der Waals surface area contributed by atoms with E-state index >= 15 is 0 Å². The number of carbonyl (C=O) groups excluding carboxylic acids is 1. The summed E-state index contributed by atoms with van der Waals surface area (Å²) in [6.07, 6.45) is 0.623. The predicted molar refractivity (Wildman–Crippen MR) is 89.4 cm³/mol. The van der Waals surface area contributed by atoms with E-state index in [2.05, 4.69) is 5.32 Å². The number of nitrogens with zero attached hydrogens (tertiary/aromatic N) is 1. The highest BCUT2D eigenvalue weighted by atomic mass is 32.2. The summed E-state index contributed by atoms with van der Waals surface area (Å²) in [5.41, 5.74) is 5.40. The first-order chi connectivity index (χ1) is 10.1. The number of nitrogens with two attached hydrogens (primary N) is 1. The van der Waals surface area contributed by atoms with E-state index < -0.39 is 10.0 Å². The fourth-order valence-corrected chi connectivity index (χ4v) is 4.82. The molecule has 6 nitrogen and oxygen atoms in total. The van der Waals surface area contributed by atoms with E-state index in [0.29, 0.717) is 30.3 Å². The Morgan fingerprint density at radius 2 is 2.05 bits per heavy atom. The van der Waals surface area contributed by atoms with Crippen molar-refractivity contribution in [1.82, 2.24) is 9.62 Å². The highest BCUT2D eigenvalue weighted by Crippen LogP contribution is 2.26. The second kappa shape index (κ2) is 7.54. The van der Waals surface area contributed by atoms with Gasteiger partial charge >= 0.3 is 0 Å². The summed E-state index contributed by atoms with van der Waals surface area (Å²) < 4.78 is 26.8. The summed E-state index contributed by atoms with van der Waals surface area (Å²) in [4.78, 5) is 11.8. The molecule has 0 aliphatic heterocycles. The lowest BCUT2D eigenvalue weighted by molar-refractivity contribution is -0.118. The number of hydrogen-bond acceptors (Lipinski definition) is 5. The maximum absolute atomic E-state index is 12.5. The molecule has 8 heteroatoms. The van der Waals surface area contributed by atoms with Crippen LogP contribution in [0, 0.1) is 5.41 Å². The van der Waals surface area contributed by atoms with Gasteiger partial charge in [-0.3, -0.25) is 4.79 Å². The average molecular weight is 348 g/mol. The molecule has 0 spiro atoms. The minimum absolute atomic E-state index is 0.0897. The van der Waals surface area contributed by atoms with E-state index in [4.69, 9.17) is 5.73 Å². The molecular weight excluding hydrogens is 322 g/mol. The maximum atomic E-state index is 12.5. The molecular formula is C14H25N3O3S2. The van der Waals surface area contributed by atoms with Gasteiger partial charge in [-0.15, -0.1) is 11.3 Å². The summed E-state index contributed by atoms with van der Waals surface area (Å²) in [6.45, 7) is 6.62. The molecule has 0 aromatic carbocycles. The van der Waals surface area contributed by atoms with Crippen molar-refractivity contribution in [2.75, 3.05) is 26.7 Å². The molecule has 0 unspecified atom stereocenters. The van der Waals surface area contributed by atoms with E-state index in [0.717, 1.165) is 4.88 Å². The Morgan fingerprint density at radius 1 is 1.41 bits per heavy atom. The van der Waals surface area contributed by atoms with Crippen LogP contribution in [0.1, 0.15) is 25.6 Å². The highest BCUT2D eigenvalue weighted by molar-refractivity contribution is 7.91. The average Bonchev–Trinajstić information content (AvgIpc) is 2.87. The predicted octanol–water partition coefficient (Wildman–Crippen LogP) is 1.03. The fraction of sp³-hybridized carbons (Fsp3) is 0.643. The van der Waals surface area contributed by atoms with Crippen LogP contribution in [0.4, 0.5) is 0 Å². The molecule has 0 fully saturated rings. The Bertz CT molecular complexity index is 609. The van der Waals surface area contributed by atoms with Gasteiger partial charge in [0.2, 0.25) is 5.91 Å². The molecule has 0 saturated heterocycles. The van der Waals surface area contributed by atoms with Gasteiger partial charge in [0.05, 0.1) is 0 Å². The van der Waals surface area contributed by atoms with Gasteiger partial charge in [-0.2, -0.15) is 4.31 Å². The molecule has 3 N–H and O–H groups in total. The largest absolute Gasteiger partial charge is 0.356 e. The van der Waals surface area contributed by atoms with Gasteiger partial charge in [0, 0.05) is 31.9 Å². The number of sulfonamides is 1. The van der Waals surface area contributed by atoms with Gasteiger partial charge in [-0.25, -0.2) is 8.42 Å². The molecule has 1 aromatic heterocycles. The summed E-state index contributed by atoms with van der Waals surface area (Å²) in [5, 5.41) is 2.70. The van der Waals surface area contributed by atoms with Crippen molar-refractivity contribution < 1.29 is 13.2 Å². The van der Waals surface area contributed by atoms with Crippen LogP contribution in [-0.2, 0) is 21.2 Å². The van der Waals surface area contributed by atoms with Crippen LogP contribution in [0.3, 0.4) is 0 Å². The molecule has 0 saturated carbocycles. The third-order valence-electron chi connectivity index (χ3n) is 3.25. The van der Waals surface area contributed by atoms with Gasteiger partial charge in [-0.1, -0.05) is 13.8 Å².